The number of benzene rings is 1. The van der Waals surface area contributed by atoms with Gasteiger partial charge in [-0.05, 0) is 50.5 Å². The second-order valence-corrected chi connectivity index (χ2v) is 4.31. The van der Waals surface area contributed by atoms with E-state index >= 15 is 0 Å². The van der Waals surface area contributed by atoms with Crippen molar-refractivity contribution in [1.29, 1.82) is 0 Å². The van der Waals surface area contributed by atoms with Crippen LogP contribution in [0.1, 0.15) is 30.5 Å². The lowest BCUT2D eigenvalue weighted by Gasteiger charge is -2.21. The molecular formula is C11H15ClO. The average molecular weight is 199 g/mol. The molecule has 0 unspecified atom stereocenters. The Labute approximate surface area is 84.4 Å². The van der Waals surface area contributed by atoms with Crippen molar-refractivity contribution in [2.24, 2.45) is 0 Å². The smallest absolute Gasteiger partial charge is 0.0843 e. The predicted molar refractivity (Wildman–Crippen MR) is 56.2 cm³/mol. The Morgan fingerprint density at radius 1 is 1.15 bits per heavy atom. The summed E-state index contributed by atoms with van der Waals surface area (Å²) in [4.78, 5) is 0. The second kappa shape index (κ2) is 3.32. The summed E-state index contributed by atoms with van der Waals surface area (Å²) in [5, 5.41) is 10.6. The Morgan fingerprint density at radius 2 is 1.69 bits per heavy atom. The topological polar surface area (TPSA) is 20.2 Å². The van der Waals surface area contributed by atoms with Gasteiger partial charge in [0.25, 0.3) is 0 Å². The molecule has 0 aliphatic carbocycles. The summed E-state index contributed by atoms with van der Waals surface area (Å²) in [6, 6.07) is 3.71. The van der Waals surface area contributed by atoms with Gasteiger partial charge in [0.15, 0.2) is 0 Å². The van der Waals surface area contributed by atoms with E-state index in [2.05, 4.69) is 0 Å². The summed E-state index contributed by atoms with van der Waals surface area (Å²) >= 11 is 5.95. The van der Waals surface area contributed by atoms with E-state index in [9.17, 15) is 5.11 Å². The molecule has 0 amide bonds. The van der Waals surface area contributed by atoms with Gasteiger partial charge in [0.2, 0.25) is 0 Å². The number of hydrogen-bond donors (Lipinski definition) is 1. The van der Waals surface area contributed by atoms with Crippen LogP contribution in [0.3, 0.4) is 0 Å². The van der Waals surface area contributed by atoms with Gasteiger partial charge in [-0.1, -0.05) is 17.7 Å². The molecule has 0 bridgehead atoms. The Balaban J connectivity index is 3.35. The first-order valence-electron chi connectivity index (χ1n) is 4.32. The van der Waals surface area contributed by atoms with Crippen molar-refractivity contribution in [2.45, 2.75) is 33.3 Å². The third-order valence-corrected chi connectivity index (χ3v) is 2.79. The molecule has 0 fully saturated rings. The number of aliphatic hydroxyl groups is 1. The van der Waals surface area contributed by atoms with Gasteiger partial charge in [-0.15, -0.1) is 0 Å². The molecule has 0 aliphatic rings. The molecule has 0 atom stereocenters. The normalized spacial score (nSPS) is 11.8. The van der Waals surface area contributed by atoms with Crippen molar-refractivity contribution in [3.05, 3.63) is 33.8 Å². The van der Waals surface area contributed by atoms with Crippen molar-refractivity contribution in [2.75, 3.05) is 0 Å². The molecule has 0 radical (unpaired) electrons. The largest absolute Gasteiger partial charge is 0.386 e. The van der Waals surface area contributed by atoms with Crippen LogP contribution in [0.4, 0.5) is 0 Å². The molecule has 1 N–H and O–H groups in total. The predicted octanol–water partition coefficient (Wildman–Crippen LogP) is 3.18. The van der Waals surface area contributed by atoms with Crippen LogP contribution < -0.4 is 0 Å². The molecular weight excluding hydrogens is 184 g/mol. The lowest BCUT2D eigenvalue weighted by molar-refractivity contribution is 0.0778. The van der Waals surface area contributed by atoms with E-state index < -0.39 is 5.60 Å². The molecule has 72 valence electrons. The van der Waals surface area contributed by atoms with Crippen LogP contribution in [0.15, 0.2) is 12.1 Å². The zero-order valence-electron chi connectivity index (χ0n) is 8.48. The Bertz CT molecular complexity index is 324. The van der Waals surface area contributed by atoms with Crippen molar-refractivity contribution in [3.63, 3.8) is 0 Å². The van der Waals surface area contributed by atoms with Crippen LogP contribution in [-0.2, 0) is 5.60 Å². The Kier molecular flexibility index (Phi) is 2.69. The average Bonchev–Trinajstić information content (AvgIpc) is 1.98. The zero-order chi connectivity index (χ0) is 10.2. The Hall–Kier alpha value is -0.530. The second-order valence-electron chi connectivity index (χ2n) is 3.90. The van der Waals surface area contributed by atoms with Crippen LogP contribution in [0.5, 0.6) is 0 Å². The van der Waals surface area contributed by atoms with Gasteiger partial charge >= 0.3 is 0 Å². The first-order chi connectivity index (χ1) is 5.84. The third-order valence-electron chi connectivity index (χ3n) is 2.38. The summed E-state index contributed by atoms with van der Waals surface area (Å²) in [7, 11) is 0. The molecule has 0 heterocycles. The first kappa shape index (κ1) is 10.6. The minimum atomic E-state index is -0.792. The van der Waals surface area contributed by atoms with E-state index in [0.29, 0.717) is 0 Å². The van der Waals surface area contributed by atoms with Crippen molar-refractivity contribution in [1.82, 2.24) is 0 Å². The zero-order valence-corrected chi connectivity index (χ0v) is 9.24. The van der Waals surface area contributed by atoms with Gasteiger partial charge in [-0.3, -0.25) is 0 Å². The maximum Gasteiger partial charge on any atom is 0.0843 e. The third kappa shape index (κ3) is 2.04. The summed E-state index contributed by atoms with van der Waals surface area (Å²) in [5.41, 5.74) is 2.26. The number of halogens is 1. The summed E-state index contributed by atoms with van der Waals surface area (Å²) in [5.74, 6) is 0. The van der Waals surface area contributed by atoms with E-state index in [4.69, 9.17) is 11.6 Å². The molecule has 1 aromatic carbocycles. The van der Waals surface area contributed by atoms with Crippen LogP contribution in [-0.4, -0.2) is 5.11 Å². The lowest BCUT2D eigenvalue weighted by atomic mass is 9.91. The minimum absolute atomic E-state index is 0.755. The van der Waals surface area contributed by atoms with Crippen LogP contribution in [0, 0.1) is 13.8 Å². The highest BCUT2D eigenvalue weighted by molar-refractivity contribution is 6.31. The van der Waals surface area contributed by atoms with Gasteiger partial charge in [0.05, 0.1) is 5.60 Å². The molecule has 1 aromatic rings. The first-order valence-corrected chi connectivity index (χ1v) is 4.70. The molecule has 0 saturated heterocycles. The van der Waals surface area contributed by atoms with E-state index in [1.54, 1.807) is 13.8 Å². The molecule has 0 spiro atoms. The minimum Gasteiger partial charge on any atom is -0.386 e. The lowest BCUT2D eigenvalue weighted by Crippen LogP contribution is -2.17. The van der Waals surface area contributed by atoms with E-state index in [-0.39, 0.29) is 0 Å². The monoisotopic (exact) mass is 198 g/mol. The van der Waals surface area contributed by atoms with E-state index in [1.807, 2.05) is 26.0 Å². The Morgan fingerprint density at radius 3 is 2.15 bits per heavy atom. The number of hydrogen-bond acceptors (Lipinski definition) is 1. The van der Waals surface area contributed by atoms with Crippen molar-refractivity contribution < 1.29 is 5.11 Å². The van der Waals surface area contributed by atoms with Gasteiger partial charge in [-0.25, -0.2) is 0 Å². The maximum atomic E-state index is 9.84. The highest BCUT2D eigenvalue weighted by Crippen LogP contribution is 2.29. The highest BCUT2D eigenvalue weighted by atomic mass is 35.5. The van der Waals surface area contributed by atoms with Gasteiger partial charge in [0, 0.05) is 5.02 Å². The van der Waals surface area contributed by atoms with Crippen LogP contribution in [0.25, 0.3) is 0 Å². The number of rotatable bonds is 1. The quantitative estimate of drug-likeness (QED) is 0.735. The molecule has 2 heteroatoms. The molecule has 1 rings (SSSR count). The fourth-order valence-electron chi connectivity index (χ4n) is 1.45. The van der Waals surface area contributed by atoms with Gasteiger partial charge in [-0.2, -0.15) is 0 Å². The van der Waals surface area contributed by atoms with Gasteiger partial charge < -0.3 is 5.11 Å². The van der Waals surface area contributed by atoms with Crippen LogP contribution in [0.2, 0.25) is 5.02 Å². The maximum absolute atomic E-state index is 9.84. The molecule has 13 heavy (non-hydrogen) atoms. The molecule has 0 aromatic heterocycles. The molecule has 1 nitrogen and oxygen atoms in total. The molecule has 0 saturated carbocycles. The standard InChI is InChI=1S/C11H15ClO/c1-7-8(2)10(12)6-5-9(7)11(3,4)13/h5-6,13H,1-4H3. The molecule has 0 aliphatic heterocycles. The van der Waals surface area contributed by atoms with E-state index in [1.165, 1.54) is 0 Å². The summed E-state index contributed by atoms with van der Waals surface area (Å²) in [6.45, 7) is 7.51. The fourth-order valence-corrected chi connectivity index (χ4v) is 1.66. The van der Waals surface area contributed by atoms with Crippen molar-refractivity contribution in [3.8, 4) is 0 Å². The van der Waals surface area contributed by atoms with E-state index in [0.717, 1.165) is 21.7 Å². The fraction of sp³-hybridized carbons (Fsp3) is 0.455. The summed E-state index contributed by atoms with van der Waals surface area (Å²) in [6.07, 6.45) is 0. The van der Waals surface area contributed by atoms with Crippen LogP contribution >= 0.6 is 11.6 Å². The van der Waals surface area contributed by atoms with Crippen molar-refractivity contribution >= 4 is 11.6 Å². The van der Waals surface area contributed by atoms with Gasteiger partial charge in [0.1, 0.15) is 0 Å². The highest BCUT2D eigenvalue weighted by Gasteiger charge is 2.19. The summed E-state index contributed by atoms with van der Waals surface area (Å²) < 4.78 is 0. The SMILES string of the molecule is Cc1c(Cl)ccc(C(C)(C)O)c1C.